The van der Waals surface area contributed by atoms with E-state index in [1.807, 2.05) is 50.5 Å². The molecule has 0 spiro atoms. The maximum absolute atomic E-state index is 12.6. The van der Waals surface area contributed by atoms with Crippen LogP contribution in [0.5, 0.6) is 0 Å². The van der Waals surface area contributed by atoms with Crippen LogP contribution in [-0.4, -0.2) is 20.0 Å². The van der Waals surface area contributed by atoms with Gasteiger partial charge in [0.2, 0.25) is 0 Å². The van der Waals surface area contributed by atoms with Crippen molar-refractivity contribution in [2.24, 2.45) is 0 Å². The Bertz CT molecular complexity index is 843. The number of hydrogen-bond donors (Lipinski definition) is 1. The Morgan fingerprint density at radius 1 is 1.04 bits per heavy atom. The molecule has 0 aliphatic carbocycles. The van der Waals surface area contributed by atoms with Gasteiger partial charge in [-0.3, -0.25) is 4.79 Å². The van der Waals surface area contributed by atoms with E-state index in [0.29, 0.717) is 6.54 Å². The van der Waals surface area contributed by atoms with E-state index in [1.165, 1.54) is 4.88 Å². The highest BCUT2D eigenvalue weighted by Gasteiger charge is 2.11. The molecule has 3 aromatic rings. The predicted molar refractivity (Wildman–Crippen MR) is 112 cm³/mol. The number of nitrogens with zero attached hydrogens (tertiary/aromatic N) is 1. The zero-order chi connectivity index (χ0) is 18.4. The first-order valence-corrected chi connectivity index (χ1v) is 10.3. The zero-order valence-electron chi connectivity index (χ0n) is 14.9. The Kier molecular flexibility index (Phi) is 6.36. The molecule has 5 heteroatoms. The summed E-state index contributed by atoms with van der Waals surface area (Å²) in [7, 11) is 4.03. The molecule has 1 aromatic heterocycles. The number of hydrogen-bond acceptors (Lipinski definition) is 4. The van der Waals surface area contributed by atoms with Gasteiger partial charge in [-0.1, -0.05) is 30.3 Å². The van der Waals surface area contributed by atoms with Crippen molar-refractivity contribution in [2.75, 3.05) is 19.0 Å². The lowest BCUT2D eigenvalue weighted by Crippen LogP contribution is -2.23. The van der Waals surface area contributed by atoms with Gasteiger partial charge in [-0.2, -0.15) is 0 Å². The van der Waals surface area contributed by atoms with Gasteiger partial charge in [-0.05, 0) is 41.3 Å². The van der Waals surface area contributed by atoms with E-state index < -0.39 is 0 Å². The van der Waals surface area contributed by atoms with Gasteiger partial charge >= 0.3 is 0 Å². The molecule has 0 bridgehead atoms. The van der Waals surface area contributed by atoms with Crippen molar-refractivity contribution in [3.63, 3.8) is 0 Å². The second-order valence-corrected chi connectivity index (χ2v) is 8.16. The Morgan fingerprint density at radius 2 is 1.81 bits per heavy atom. The Hall–Kier alpha value is -2.24. The van der Waals surface area contributed by atoms with Crippen LogP contribution in [0.1, 0.15) is 20.8 Å². The lowest BCUT2D eigenvalue weighted by Gasteiger charge is -2.13. The van der Waals surface area contributed by atoms with Gasteiger partial charge in [-0.25, -0.2) is 0 Å². The first kappa shape index (κ1) is 18.5. The third kappa shape index (κ3) is 4.90. The molecule has 3 rings (SSSR count). The Balaban J connectivity index is 1.62. The van der Waals surface area contributed by atoms with E-state index in [2.05, 4.69) is 39.9 Å². The van der Waals surface area contributed by atoms with Crippen LogP contribution < -0.4 is 10.2 Å². The molecular formula is C21H22N2OS2. The van der Waals surface area contributed by atoms with Crippen molar-refractivity contribution in [3.05, 3.63) is 82.0 Å². The molecule has 1 N–H and O–H groups in total. The monoisotopic (exact) mass is 382 g/mol. The van der Waals surface area contributed by atoms with Crippen LogP contribution in [-0.2, 0) is 12.3 Å². The fraction of sp³-hybridized carbons (Fsp3) is 0.190. The van der Waals surface area contributed by atoms with Crippen molar-refractivity contribution >= 4 is 34.7 Å². The van der Waals surface area contributed by atoms with E-state index in [9.17, 15) is 4.79 Å². The maximum atomic E-state index is 12.6. The molecular weight excluding hydrogens is 360 g/mol. The SMILES string of the molecule is CN(C)c1ccc(CNC(=O)c2ccccc2SCc2cccs2)cc1. The highest BCUT2D eigenvalue weighted by molar-refractivity contribution is 7.98. The maximum Gasteiger partial charge on any atom is 0.252 e. The Labute approximate surface area is 163 Å². The third-order valence-electron chi connectivity index (χ3n) is 3.99. The summed E-state index contributed by atoms with van der Waals surface area (Å²) in [5.74, 6) is 0.851. The fourth-order valence-electron chi connectivity index (χ4n) is 2.51. The highest BCUT2D eigenvalue weighted by Crippen LogP contribution is 2.28. The summed E-state index contributed by atoms with van der Waals surface area (Å²) in [5.41, 5.74) is 2.97. The van der Waals surface area contributed by atoms with Crippen LogP contribution >= 0.6 is 23.1 Å². The minimum absolute atomic E-state index is 0.0315. The summed E-state index contributed by atoms with van der Waals surface area (Å²) < 4.78 is 0. The number of rotatable bonds is 7. The quantitative estimate of drug-likeness (QED) is 0.581. The standard InChI is InChI=1S/C21H22N2OS2/c1-23(2)17-11-9-16(10-12-17)14-22-21(24)19-7-3-4-8-20(19)26-15-18-6-5-13-25-18/h3-13H,14-15H2,1-2H3,(H,22,24). The summed E-state index contributed by atoms with van der Waals surface area (Å²) >= 11 is 3.45. The molecule has 0 saturated heterocycles. The highest BCUT2D eigenvalue weighted by atomic mass is 32.2. The number of thiophene rings is 1. The van der Waals surface area contributed by atoms with E-state index in [-0.39, 0.29) is 5.91 Å². The summed E-state index contributed by atoms with van der Waals surface area (Å²) in [4.78, 5) is 17.0. The fourth-order valence-corrected chi connectivity index (χ4v) is 4.34. The van der Waals surface area contributed by atoms with E-state index in [4.69, 9.17) is 0 Å². The minimum Gasteiger partial charge on any atom is -0.378 e. The second kappa shape index (κ2) is 8.92. The summed E-state index contributed by atoms with van der Waals surface area (Å²) in [6.07, 6.45) is 0. The van der Waals surface area contributed by atoms with Crippen molar-refractivity contribution in [1.29, 1.82) is 0 Å². The molecule has 0 saturated carbocycles. The van der Waals surface area contributed by atoms with Gasteiger partial charge in [0.1, 0.15) is 0 Å². The van der Waals surface area contributed by atoms with Crippen LogP contribution in [0, 0.1) is 0 Å². The van der Waals surface area contributed by atoms with Crippen LogP contribution in [0.2, 0.25) is 0 Å². The number of nitrogens with one attached hydrogen (secondary N) is 1. The number of benzene rings is 2. The van der Waals surface area contributed by atoms with Crippen LogP contribution in [0.4, 0.5) is 5.69 Å². The average molecular weight is 383 g/mol. The third-order valence-corrected chi connectivity index (χ3v) is 6.17. The molecule has 0 aliphatic heterocycles. The number of carbonyl (C=O) groups is 1. The minimum atomic E-state index is -0.0315. The molecule has 0 aliphatic rings. The molecule has 26 heavy (non-hydrogen) atoms. The number of anilines is 1. The van der Waals surface area contributed by atoms with Gasteiger partial charge in [0.15, 0.2) is 0 Å². The van der Waals surface area contributed by atoms with Crippen molar-refractivity contribution < 1.29 is 4.79 Å². The molecule has 0 unspecified atom stereocenters. The molecule has 1 heterocycles. The van der Waals surface area contributed by atoms with Crippen molar-refractivity contribution in [3.8, 4) is 0 Å². The first-order valence-electron chi connectivity index (χ1n) is 8.42. The second-order valence-electron chi connectivity index (χ2n) is 6.11. The summed E-state index contributed by atoms with van der Waals surface area (Å²) in [6.45, 7) is 0.524. The zero-order valence-corrected chi connectivity index (χ0v) is 16.6. The number of carbonyl (C=O) groups excluding carboxylic acids is 1. The first-order chi connectivity index (χ1) is 12.6. The van der Waals surface area contributed by atoms with Gasteiger partial charge in [0.05, 0.1) is 5.56 Å². The largest absolute Gasteiger partial charge is 0.378 e. The van der Waals surface area contributed by atoms with E-state index >= 15 is 0 Å². The van der Waals surface area contributed by atoms with Gasteiger partial charge in [0.25, 0.3) is 5.91 Å². The smallest absolute Gasteiger partial charge is 0.252 e. The van der Waals surface area contributed by atoms with Crippen molar-refractivity contribution in [2.45, 2.75) is 17.2 Å². The van der Waals surface area contributed by atoms with Gasteiger partial charge in [0, 0.05) is 41.9 Å². The molecule has 0 atom stereocenters. The lowest BCUT2D eigenvalue weighted by molar-refractivity contribution is 0.0948. The van der Waals surface area contributed by atoms with E-state index in [1.54, 1.807) is 23.1 Å². The summed E-state index contributed by atoms with van der Waals surface area (Å²) in [5, 5.41) is 5.11. The molecule has 0 fully saturated rings. The van der Waals surface area contributed by atoms with Crippen LogP contribution in [0.3, 0.4) is 0 Å². The van der Waals surface area contributed by atoms with Gasteiger partial charge in [-0.15, -0.1) is 23.1 Å². The predicted octanol–water partition coefficient (Wildman–Crippen LogP) is 5.04. The van der Waals surface area contributed by atoms with E-state index in [0.717, 1.165) is 27.5 Å². The lowest BCUT2D eigenvalue weighted by atomic mass is 10.1. The molecule has 2 aromatic carbocycles. The molecule has 1 amide bonds. The Morgan fingerprint density at radius 3 is 2.50 bits per heavy atom. The van der Waals surface area contributed by atoms with Crippen LogP contribution in [0.15, 0.2) is 70.9 Å². The molecule has 134 valence electrons. The van der Waals surface area contributed by atoms with Crippen LogP contribution in [0.25, 0.3) is 0 Å². The normalized spacial score (nSPS) is 10.5. The summed E-state index contributed by atoms with van der Waals surface area (Å²) in [6, 6.07) is 20.2. The van der Waals surface area contributed by atoms with Crippen molar-refractivity contribution in [1.82, 2.24) is 5.32 Å². The average Bonchev–Trinajstić information content (AvgIpc) is 3.18. The van der Waals surface area contributed by atoms with Gasteiger partial charge < -0.3 is 10.2 Å². The number of amides is 1. The topological polar surface area (TPSA) is 32.3 Å². The molecule has 0 radical (unpaired) electrons. The number of thioether (sulfide) groups is 1. The molecule has 3 nitrogen and oxygen atoms in total.